The molecule has 0 saturated heterocycles. The second-order valence-electron chi connectivity index (χ2n) is 6.68. The number of rotatable bonds is 19. The monoisotopic (exact) mass is 479 g/mol. The molecule has 0 saturated carbocycles. The van der Waals surface area contributed by atoms with Crippen LogP contribution in [0, 0.1) is 0 Å². The minimum atomic E-state index is -2.51. The predicted molar refractivity (Wildman–Crippen MR) is 110 cm³/mol. The Bertz CT molecular complexity index is 307. The van der Waals surface area contributed by atoms with E-state index in [-0.39, 0.29) is 0 Å². The Labute approximate surface area is 171 Å². The molecule has 6 heteroatoms. The van der Waals surface area contributed by atoms with Gasteiger partial charge in [0.2, 0.25) is 0 Å². The number of hydrogen-bond donors (Lipinski definition) is 1. The molecule has 0 radical (unpaired) electrons. The van der Waals surface area contributed by atoms with Crippen LogP contribution in [0.2, 0.25) is 0 Å². The van der Waals surface area contributed by atoms with Gasteiger partial charge in [0.1, 0.15) is 0 Å². The molecule has 0 aliphatic rings. The first-order chi connectivity index (χ1) is 11.6. The zero-order valence-electron chi connectivity index (χ0n) is 15.5. The third-order valence-corrected chi connectivity index (χ3v) is 11.4. The van der Waals surface area contributed by atoms with Gasteiger partial charge in [-0.15, -0.1) is 0 Å². The fourth-order valence-corrected chi connectivity index (χ4v) is 6.29. The van der Waals surface area contributed by atoms with Crippen LogP contribution in [-0.2, 0) is 35.2 Å². The summed E-state index contributed by atoms with van der Waals surface area (Å²) < 4.78 is 4.92. The molecule has 1 unspecified atom stereocenters. The van der Waals surface area contributed by atoms with Gasteiger partial charge in [-0.1, -0.05) is 58.3 Å². The van der Waals surface area contributed by atoms with Crippen molar-refractivity contribution in [3.8, 4) is 0 Å². The molecule has 0 rings (SSSR count). The zero-order chi connectivity index (χ0) is 17.9. The van der Waals surface area contributed by atoms with Gasteiger partial charge in [0.15, 0.2) is 0 Å². The topological polar surface area (TPSA) is 29.5 Å². The third-order valence-electron chi connectivity index (χ3n) is 4.35. The molecular formula is C18H38MoO2PS2. The van der Waals surface area contributed by atoms with Crippen LogP contribution in [0.5, 0.6) is 0 Å². The van der Waals surface area contributed by atoms with Gasteiger partial charge >= 0.3 is 114 Å². The van der Waals surface area contributed by atoms with E-state index in [1.807, 2.05) is 0 Å². The average Bonchev–Trinajstić information content (AvgIpc) is 2.57. The van der Waals surface area contributed by atoms with Gasteiger partial charge in [0, 0.05) is 0 Å². The minimum absolute atomic E-state index is 0.932. The van der Waals surface area contributed by atoms with Gasteiger partial charge in [0.25, 0.3) is 0 Å². The molecule has 0 fully saturated rings. The fraction of sp³-hybridized carbons (Fsp3) is 1.00. The van der Waals surface area contributed by atoms with E-state index in [9.17, 15) is 4.89 Å². The van der Waals surface area contributed by atoms with Gasteiger partial charge in [-0.3, -0.25) is 0 Å². The number of unbranched alkanes of at least 4 members (excludes halogenated alkanes) is 15. The van der Waals surface area contributed by atoms with Crippen molar-refractivity contribution in [1.29, 1.82) is 0 Å². The van der Waals surface area contributed by atoms with Crippen molar-refractivity contribution >= 4 is 28.9 Å². The van der Waals surface area contributed by atoms with Crippen LogP contribution in [-0.4, -0.2) is 10.6 Å². The Kier molecular flexibility index (Phi) is 20.7. The molecule has 1 atom stereocenters. The first-order valence-corrected chi connectivity index (χ1v) is 15.0. The van der Waals surface area contributed by atoms with Crippen molar-refractivity contribution in [3.63, 3.8) is 0 Å². The molecule has 1 N–H and O–H groups in total. The zero-order valence-corrected chi connectivity index (χ0v) is 20.1. The van der Waals surface area contributed by atoms with E-state index in [0.717, 1.165) is 12.2 Å². The van der Waals surface area contributed by atoms with E-state index in [2.05, 4.69) is 6.92 Å². The third kappa shape index (κ3) is 19.9. The molecular weight excluding hydrogens is 439 g/mol. The van der Waals surface area contributed by atoms with E-state index < -0.39 is 5.69 Å². The summed E-state index contributed by atoms with van der Waals surface area (Å²) in [6, 6.07) is 0. The second kappa shape index (κ2) is 19.4. The van der Waals surface area contributed by atoms with Crippen LogP contribution in [0.15, 0.2) is 0 Å². The first kappa shape index (κ1) is 25.6. The van der Waals surface area contributed by atoms with E-state index in [1.165, 1.54) is 128 Å². The van der Waals surface area contributed by atoms with Gasteiger partial charge in [-0.2, -0.15) is 0 Å². The Morgan fingerprint density at radius 3 is 1.42 bits per heavy atom. The molecule has 24 heavy (non-hydrogen) atoms. The Morgan fingerprint density at radius 2 is 1.08 bits per heavy atom. The summed E-state index contributed by atoms with van der Waals surface area (Å²) in [5, 5.41) is 0. The predicted octanol–water partition coefficient (Wildman–Crippen LogP) is 7.68. The van der Waals surface area contributed by atoms with Crippen molar-refractivity contribution in [2.75, 3.05) is 5.75 Å². The molecule has 0 spiro atoms. The van der Waals surface area contributed by atoms with E-state index in [0.29, 0.717) is 0 Å². The maximum absolute atomic E-state index is 9.62. The summed E-state index contributed by atoms with van der Waals surface area (Å²) in [6.45, 7) is 2.28. The standard InChI is InChI=1S/C18H39O2PS2.Mo/c1-2-3-4-5-6-7-8-9-10-11-12-13-14-15-16-17-18-23-21(19,20)22;/h2-18H2,1H3,(H2,19,20,22);/q;+1/p-1. The summed E-state index contributed by atoms with van der Waals surface area (Å²) in [6.07, 6.45) is 22.2. The maximum atomic E-state index is 9.62. The van der Waals surface area contributed by atoms with E-state index >= 15 is 0 Å². The summed E-state index contributed by atoms with van der Waals surface area (Å²) in [5.74, 6) is 0.932. The molecule has 145 valence electrons. The molecule has 0 aromatic heterocycles. The van der Waals surface area contributed by atoms with Gasteiger partial charge in [-0.25, -0.2) is 0 Å². The SMILES string of the molecule is CCCCCCCCCCCCCCCCCCSP(O)(=S)[O][Mo]. The molecule has 0 aromatic rings. The fourth-order valence-electron chi connectivity index (χ4n) is 2.85. The van der Waals surface area contributed by atoms with Gasteiger partial charge in [-0.05, 0) is 0 Å². The van der Waals surface area contributed by atoms with E-state index in [4.69, 9.17) is 15.0 Å². The molecule has 0 amide bonds. The normalized spacial score (nSPS) is 13.9. The van der Waals surface area contributed by atoms with Crippen molar-refractivity contribution < 1.29 is 28.3 Å². The van der Waals surface area contributed by atoms with Crippen LogP contribution in [0.25, 0.3) is 0 Å². The van der Waals surface area contributed by atoms with Gasteiger partial charge in [0.05, 0.1) is 0 Å². The van der Waals surface area contributed by atoms with Crippen molar-refractivity contribution in [3.05, 3.63) is 0 Å². The molecule has 0 aliphatic carbocycles. The van der Waals surface area contributed by atoms with Crippen LogP contribution in [0.4, 0.5) is 0 Å². The van der Waals surface area contributed by atoms with Gasteiger partial charge < -0.3 is 0 Å². The van der Waals surface area contributed by atoms with Crippen LogP contribution in [0.3, 0.4) is 0 Å². The summed E-state index contributed by atoms with van der Waals surface area (Å²) in [5.41, 5.74) is -2.51. The number of hydrogen-bond acceptors (Lipinski definition) is 3. The first-order valence-electron chi connectivity index (χ1n) is 9.91. The molecule has 0 heterocycles. The van der Waals surface area contributed by atoms with Crippen molar-refractivity contribution in [2.45, 2.75) is 110 Å². The Morgan fingerprint density at radius 1 is 0.750 bits per heavy atom. The quantitative estimate of drug-likeness (QED) is 0.117. The second-order valence-corrected chi connectivity index (χ2v) is 14.0. The van der Waals surface area contributed by atoms with Crippen LogP contribution in [0.1, 0.15) is 110 Å². The summed E-state index contributed by atoms with van der Waals surface area (Å²) in [4.78, 5) is 9.62. The van der Waals surface area contributed by atoms with Crippen LogP contribution >= 0.6 is 17.1 Å². The van der Waals surface area contributed by atoms with E-state index in [1.54, 1.807) is 0 Å². The molecule has 0 aliphatic heterocycles. The molecule has 0 bridgehead atoms. The van der Waals surface area contributed by atoms with Crippen molar-refractivity contribution in [2.24, 2.45) is 0 Å². The molecule has 2 nitrogen and oxygen atoms in total. The Hall–Kier alpha value is 1.61. The average molecular weight is 478 g/mol. The van der Waals surface area contributed by atoms with Crippen LogP contribution < -0.4 is 0 Å². The summed E-state index contributed by atoms with van der Waals surface area (Å²) >= 11 is 7.82. The van der Waals surface area contributed by atoms with Crippen molar-refractivity contribution in [1.82, 2.24) is 0 Å². The summed E-state index contributed by atoms with van der Waals surface area (Å²) in [7, 11) is 0. The Balaban J connectivity index is 3.06. The molecule has 0 aromatic carbocycles.